The zero-order valence-electron chi connectivity index (χ0n) is 9.32. The van der Waals surface area contributed by atoms with E-state index in [2.05, 4.69) is 22.6 Å². The van der Waals surface area contributed by atoms with Crippen LogP contribution in [-0.2, 0) is 7.05 Å². The molecule has 1 atom stereocenters. The summed E-state index contributed by atoms with van der Waals surface area (Å²) in [5, 5.41) is 7.69. The third kappa shape index (κ3) is 3.20. The van der Waals surface area contributed by atoms with Crippen molar-refractivity contribution in [1.29, 1.82) is 0 Å². The molecule has 0 bridgehead atoms. The Morgan fingerprint density at radius 3 is 3.20 bits per heavy atom. The number of nitrogens with zero attached hydrogens (tertiary/aromatic N) is 2. The van der Waals surface area contributed by atoms with Gasteiger partial charge in [0.05, 0.1) is 6.20 Å². The van der Waals surface area contributed by atoms with Gasteiger partial charge in [0, 0.05) is 24.8 Å². The lowest BCUT2D eigenvalue weighted by molar-refractivity contribution is 0.599. The number of hydrogen-bond acceptors (Lipinski definition) is 2. The molecule has 0 saturated carbocycles. The van der Waals surface area contributed by atoms with Crippen LogP contribution in [0.15, 0.2) is 18.5 Å². The van der Waals surface area contributed by atoms with E-state index in [0.29, 0.717) is 6.04 Å². The van der Waals surface area contributed by atoms with E-state index < -0.39 is 0 Å². The van der Waals surface area contributed by atoms with E-state index in [1.807, 2.05) is 24.1 Å². The van der Waals surface area contributed by atoms with Crippen LogP contribution < -0.4 is 5.32 Å². The number of aromatic nitrogens is 2. The fourth-order valence-electron chi connectivity index (χ4n) is 1.97. The van der Waals surface area contributed by atoms with Gasteiger partial charge in [0.1, 0.15) is 0 Å². The molecule has 2 heterocycles. The molecular formula is C12H19N3. The van der Waals surface area contributed by atoms with Gasteiger partial charge < -0.3 is 5.32 Å². The Bertz CT molecular complexity index is 319. The van der Waals surface area contributed by atoms with E-state index in [4.69, 9.17) is 0 Å². The molecule has 1 unspecified atom stereocenters. The summed E-state index contributed by atoms with van der Waals surface area (Å²) in [7, 11) is 1.95. The summed E-state index contributed by atoms with van der Waals surface area (Å²) in [6.45, 7) is 1.15. The van der Waals surface area contributed by atoms with Crippen molar-refractivity contribution in [3.05, 3.63) is 24.0 Å². The maximum Gasteiger partial charge on any atom is 0.0562 e. The summed E-state index contributed by atoms with van der Waals surface area (Å²) in [6.07, 6.45) is 13.6. The van der Waals surface area contributed by atoms with E-state index in [1.165, 1.54) is 31.2 Å². The molecule has 0 spiro atoms. The summed E-state index contributed by atoms with van der Waals surface area (Å²) >= 11 is 0. The second kappa shape index (κ2) is 5.12. The van der Waals surface area contributed by atoms with Gasteiger partial charge in [-0.1, -0.05) is 25.0 Å². The number of nitrogens with one attached hydrogen (secondary N) is 1. The zero-order chi connectivity index (χ0) is 10.5. The van der Waals surface area contributed by atoms with Crippen molar-refractivity contribution < 1.29 is 0 Å². The van der Waals surface area contributed by atoms with Crippen LogP contribution in [0.25, 0.3) is 6.08 Å². The van der Waals surface area contributed by atoms with E-state index in [9.17, 15) is 0 Å². The maximum atomic E-state index is 4.14. The van der Waals surface area contributed by atoms with Gasteiger partial charge in [0.15, 0.2) is 0 Å². The lowest BCUT2D eigenvalue weighted by Crippen LogP contribution is -2.25. The lowest BCUT2D eigenvalue weighted by atomic mass is 10.1. The number of rotatable bonds is 2. The van der Waals surface area contributed by atoms with Gasteiger partial charge in [-0.2, -0.15) is 5.10 Å². The highest BCUT2D eigenvalue weighted by molar-refractivity contribution is 5.47. The molecule has 1 saturated heterocycles. The molecule has 1 aliphatic rings. The Labute approximate surface area is 91.2 Å². The minimum atomic E-state index is 0.549. The molecular weight excluding hydrogens is 186 g/mol. The first kappa shape index (κ1) is 10.4. The third-order valence-corrected chi connectivity index (χ3v) is 2.84. The van der Waals surface area contributed by atoms with Gasteiger partial charge in [-0.15, -0.1) is 0 Å². The highest BCUT2D eigenvalue weighted by Crippen LogP contribution is 2.10. The predicted molar refractivity (Wildman–Crippen MR) is 62.5 cm³/mol. The minimum Gasteiger partial charge on any atom is -0.311 e. The molecule has 1 aliphatic heterocycles. The molecule has 1 fully saturated rings. The molecule has 0 aromatic carbocycles. The number of hydrogen-bond donors (Lipinski definition) is 1. The highest BCUT2D eigenvalue weighted by Gasteiger charge is 2.07. The zero-order valence-corrected chi connectivity index (χ0v) is 9.32. The maximum absolute atomic E-state index is 4.14. The predicted octanol–water partition coefficient (Wildman–Crippen LogP) is 1.97. The van der Waals surface area contributed by atoms with Crippen molar-refractivity contribution in [2.75, 3.05) is 6.54 Å². The molecule has 3 nitrogen and oxygen atoms in total. The monoisotopic (exact) mass is 205 g/mol. The Morgan fingerprint density at radius 1 is 1.47 bits per heavy atom. The highest BCUT2D eigenvalue weighted by atomic mass is 15.2. The van der Waals surface area contributed by atoms with E-state index in [0.717, 1.165) is 6.54 Å². The lowest BCUT2D eigenvalue weighted by Gasteiger charge is -2.09. The van der Waals surface area contributed by atoms with Crippen molar-refractivity contribution in [3.63, 3.8) is 0 Å². The largest absolute Gasteiger partial charge is 0.311 e. The SMILES string of the molecule is Cn1cc(/C=C/C2CCCCCN2)cn1. The molecule has 1 N–H and O–H groups in total. The summed E-state index contributed by atoms with van der Waals surface area (Å²) in [5.41, 5.74) is 1.18. The normalized spacial score (nSPS) is 23.1. The standard InChI is InChI=1S/C12H19N3/c1-15-10-11(9-14-15)6-7-12-5-3-2-4-8-13-12/h6-7,9-10,12-13H,2-5,8H2,1H3/b7-6+. The van der Waals surface area contributed by atoms with Gasteiger partial charge in [-0.25, -0.2) is 0 Å². The molecule has 3 heteroatoms. The van der Waals surface area contributed by atoms with Crippen molar-refractivity contribution in [2.45, 2.75) is 31.7 Å². The van der Waals surface area contributed by atoms with Crippen molar-refractivity contribution in [3.8, 4) is 0 Å². The summed E-state index contributed by atoms with van der Waals surface area (Å²) < 4.78 is 1.83. The smallest absolute Gasteiger partial charge is 0.0562 e. The van der Waals surface area contributed by atoms with Crippen LogP contribution in [0, 0.1) is 0 Å². The molecule has 1 aromatic heterocycles. The summed E-state index contributed by atoms with van der Waals surface area (Å²) in [6, 6.07) is 0.549. The Balaban J connectivity index is 1.92. The van der Waals surface area contributed by atoms with E-state index in [1.54, 1.807) is 0 Å². The Morgan fingerprint density at radius 2 is 2.40 bits per heavy atom. The Kier molecular flexibility index (Phi) is 3.56. The minimum absolute atomic E-state index is 0.549. The van der Waals surface area contributed by atoms with E-state index in [-0.39, 0.29) is 0 Å². The van der Waals surface area contributed by atoms with Crippen molar-refractivity contribution in [2.24, 2.45) is 7.05 Å². The molecule has 0 amide bonds. The topological polar surface area (TPSA) is 29.9 Å². The van der Waals surface area contributed by atoms with Crippen LogP contribution in [0.2, 0.25) is 0 Å². The second-order valence-electron chi connectivity index (χ2n) is 4.22. The van der Waals surface area contributed by atoms with Crippen molar-refractivity contribution in [1.82, 2.24) is 15.1 Å². The fraction of sp³-hybridized carbons (Fsp3) is 0.583. The van der Waals surface area contributed by atoms with Gasteiger partial charge in [-0.05, 0) is 19.4 Å². The van der Waals surface area contributed by atoms with Crippen LogP contribution in [-0.4, -0.2) is 22.4 Å². The van der Waals surface area contributed by atoms with Gasteiger partial charge in [0.25, 0.3) is 0 Å². The van der Waals surface area contributed by atoms with Gasteiger partial charge in [0.2, 0.25) is 0 Å². The molecule has 0 radical (unpaired) electrons. The van der Waals surface area contributed by atoms with Crippen LogP contribution >= 0.6 is 0 Å². The first-order valence-corrected chi connectivity index (χ1v) is 5.75. The first-order chi connectivity index (χ1) is 7.34. The fourth-order valence-corrected chi connectivity index (χ4v) is 1.97. The first-order valence-electron chi connectivity index (χ1n) is 5.75. The quantitative estimate of drug-likeness (QED) is 0.800. The molecule has 82 valence electrons. The average molecular weight is 205 g/mol. The second-order valence-corrected chi connectivity index (χ2v) is 4.22. The third-order valence-electron chi connectivity index (χ3n) is 2.84. The van der Waals surface area contributed by atoms with Crippen LogP contribution in [0.1, 0.15) is 31.2 Å². The van der Waals surface area contributed by atoms with Crippen LogP contribution in [0.4, 0.5) is 0 Å². The molecule has 2 rings (SSSR count). The van der Waals surface area contributed by atoms with Crippen molar-refractivity contribution >= 4 is 6.08 Å². The van der Waals surface area contributed by atoms with Crippen LogP contribution in [0.5, 0.6) is 0 Å². The summed E-state index contributed by atoms with van der Waals surface area (Å²) in [4.78, 5) is 0. The summed E-state index contributed by atoms with van der Waals surface area (Å²) in [5.74, 6) is 0. The Hall–Kier alpha value is -1.09. The number of aryl methyl sites for hydroxylation is 1. The molecule has 0 aliphatic carbocycles. The van der Waals surface area contributed by atoms with Gasteiger partial charge >= 0.3 is 0 Å². The molecule has 15 heavy (non-hydrogen) atoms. The average Bonchev–Trinajstić information content (AvgIpc) is 2.52. The molecule has 1 aromatic rings. The van der Waals surface area contributed by atoms with Gasteiger partial charge in [-0.3, -0.25) is 4.68 Å². The van der Waals surface area contributed by atoms with Crippen LogP contribution in [0.3, 0.4) is 0 Å². The van der Waals surface area contributed by atoms with E-state index >= 15 is 0 Å².